The molecule has 0 bridgehead atoms. The molecule has 5 heteroatoms. The Kier molecular flexibility index (Phi) is 6.07. The first-order valence-corrected chi connectivity index (χ1v) is 11.0. The summed E-state index contributed by atoms with van der Waals surface area (Å²) in [6.07, 6.45) is 2.41. The van der Waals surface area contributed by atoms with E-state index < -0.39 is 0 Å². The highest BCUT2D eigenvalue weighted by molar-refractivity contribution is 7.15. The normalized spacial score (nSPS) is 14.7. The third-order valence-corrected chi connectivity index (χ3v) is 6.66. The summed E-state index contributed by atoms with van der Waals surface area (Å²) >= 11 is 1.80. The molecule has 1 saturated heterocycles. The summed E-state index contributed by atoms with van der Waals surface area (Å²) in [6, 6.07) is 18.9. The van der Waals surface area contributed by atoms with E-state index in [0.717, 1.165) is 24.2 Å². The fraction of sp³-hybridized carbons (Fsp3) is 0.333. The van der Waals surface area contributed by atoms with Crippen molar-refractivity contribution in [1.29, 1.82) is 0 Å². The molecule has 0 radical (unpaired) electrons. The van der Waals surface area contributed by atoms with E-state index in [2.05, 4.69) is 53.3 Å². The van der Waals surface area contributed by atoms with Gasteiger partial charge in [0, 0.05) is 37.8 Å². The molecule has 1 N–H and O–H groups in total. The van der Waals surface area contributed by atoms with Crippen molar-refractivity contribution in [2.75, 3.05) is 13.1 Å². The number of likely N-dealkylation sites (tertiary alicyclic amines) is 1. The van der Waals surface area contributed by atoms with Crippen molar-refractivity contribution in [3.63, 3.8) is 0 Å². The van der Waals surface area contributed by atoms with E-state index in [1.54, 1.807) is 11.3 Å². The van der Waals surface area contributed by atoms with Gasteiger partial charge in [-0.15, -0.1) is 11.3 Å². The van der Waals surface area contributed by atoms with Gasteiger partial charge in [0.2, 0.25) is 5.91 Å². The van der Waals surface area contributed by atoms with Crippen molar-refractivity contribution in [3.05, 3.63) is 76.9 Å². The van der Waals surface area contributed by atoms with Crippen LogP contribution in [0.15, 0.2) is 60.8 Å². The Balaban J connectivity index is 1.30. The number of rotatable bonds is 7. The molecular formula is C24H27N3OS. The summed E-state index contributed by atoms with van der Waals surface area (Å²) in [5.41, 5.74) is 3.32. The number of hydrogen-bond donors (Lipinski definition) is 1. The van der Waals surface area contributed by atoms with Crippen molar-refractivity contribution in [3.8, 4) is 10.4 Å². The Hall–Kier alpha value is -2.50. The molecule has 29 heavy (non-hydrogen) atoms. The fourth-order valence-corrected chi connectivity index (χ4v) is 4.54. The van der Waals surface area contributed by atoms with Gasteiger partial charge in [-0.2, -0.15) is 0 Å². The van der Waals surface area contributed by atoms with Crippen LogP contribution in [0, 0.1) is 0 Å². The van der Waals surface area contributed by atoms with Gasteiger partial charge in [-0.3, -0.25) is 9.69 Å². The lowest BCUT2D eigenvalue weighted by atomic mass is 9.99. The van der Waals surface area contributed by atoms with E-state index in [1.165, 1.54) is 15.4 Å². The zero-order valence-electron chi connectivity index (χ0n) is 17.0. The number of hydrogen-bond acceptors (Lipinski definition) is 4. The zero-order valence-corrected chi connectivity index (χ0v) is 17.8. The van der Waals surface area contributed by atoms with Crippen LogP contribution in [-0.2, 0) is 17.8 Å². The molecule has 4 rings (SSSR count). The largest absolute Gasteiger partial charge is 0.352 e. The van der Waals surface area contributed by atoms with Gasteiger partial charge in [-0.1, -0.05) is 54.6 Å². The first kappa shape index (κ1) is 19.8. The fourth-order valence-electron chi connectivity index (χ4n) is 3.53. The molecule has 0 unspecified atom stereocenters. The maximum absolute atomic E-state index is 12.1. The average Bonchev–Trinajstić information content (AvgIpc) is 3.16. The maximum Gasteiger partial charge on any atom is 0.224 e. The van der Waals surface area contributed by atoms with Crippen molar-refractivity contribution in [2.24, 2.45) is 0 Å². The van der Waals surface area contributed by atoms with Gasteiger partial charge >= 0.3 is 0 Å². The average molecular weight is 406 g/mol. The van der Waals surface area contributed by atoms with Crippen LogP contribution in [0.3, 0.4) is 0 Å². The Morgan fingerprint density at radius 2 is 1.83 bits per heavy atom. The summed E-state index contributed by atoms with van der Waals surface area (Å²) in [7, 11) is 0. The highest BCUT2D eigenvalue weighted by atomic mass is 32.1. The Morgan fingerprint density at radius 1 is 1.10 bits per heavy atom. The summed E-state index contributed by atoms with van der Waals surface area (Å²) < 4.78 is 0. The predicted octanol–water partition coefficient (Wildman–Crippen LogP) is 4.48. The number of carbonyl (C=O) groups excluding carboxylic acids is 1. The standard InChI is InChI=1S/C24H27N3OS/c1-17(2)27-15-21(16-27)24-26-14-22(29-24)20-10-8-19(9-11-20)13-25-23(28)12-18-6-4-3-5-7-18/h3-11,14,17,21H,12-13,15-16H2,1-2H3,(H,25,28). The molecule has 0 atom stereocenters. The smallest absolute Gasteiger partial charge is 0.224 e. The molecule has 1 aliphatic heterocycles. The van der Waals surface area contributed by atoms with Gasteiger partial charge in [-0.25, -0.2) is 4.98 Å². The van der Waals surface area contributed by atoms with Gasteiger partial charge in [0.05, 0.1) is 16.3 Å². The Morgan fingerprint density at radius 3 is 2.52 bits per heavy atom. The van der Waals surface area contributed by atoms with Gasteiger partial charge in [0.1, 0.15) is 0 Å². The van der Waals surface area contributed by atoms with Crippen LogP contribution in [0.2, 0.25) is 0 Å². The van der Waals surface area contributed by atoms with Crippen LogP contribution in [-0.4, -0.2) is 34.9 Å². The number of nitrogens with one attached hydrogen (secondary N) is 1. The summed E-state index contributed by atoms with van der Waals surface area (Å²) in [4.78, 5) is 20.5. The second-order valence-corrected chi connectivity index (χ2v) is 9.01. The van der Waals surface area contributed by atoms with Crippen LogP contribution in [0.1, 0.15) is 35.9 Å². The van der Waals surface area contributed by atoms with E-state index >= 15 is 0 Å². The molecule has 0 spiro atoms. The number of carbonyl (C=O) groups is 1. The number of thiazole rings is 1. The lowest BCUT2D eigenvalue weighted by molar-refractivity contribution is -0.120. The van der Waals surface area contributed by atoms with E-state index in [9.17, 15) is 4.79 Å². The van der Waals surface area contributed by atoms with Crippen molar-refractivity contribution in [2.45, 2.75) is 38.8 Å². The van der Waals surface area contributed by atoms with Gasteiger partial charge < -0.3 is 5.32 Å². The van der Waals surface area contributed by atoms with Gasteiger partial charge in [0.15, 0.2) is 0 Å². The number of aromatic nitrogens is 1. The number of benzene rings is 2. The monoisotopic (exact) mass is 405 g/mol. The molecule has 4 nitrogen and oxygen atoms in total. The number of nitrogens with zero attached hydrogens (tertiary/aromatic N) is 2. The molecule has 1 aromatic heterocycles. The van der Waals surface area contributed by atoms with Crippen LogP contribution in [0.25, 0.3) is 10.4 Å². The van der Waals surface area contributed by atoms with Gasteiger partial charge in [0.25, 0.3) is 0 Å². The molecule has 0 aliphatic carbocycles. The Labute approximate surface area is 176 Å². The highest BCUT2D eigenvalue weighted by Crippen LogP contribution is 2.35. The maximum atomic E-state index is 12.1. The highest BCUT2D eigenvalue weighted by Gasteiger charge is 2.31. The van der Waals surface area contributed by atoms with Crippen LogP contribution >= 0.6 is 11.3 Å². The molecule has 0 saturated carbocycles. The first-order valence-electron chi connectivity index (χ1n) is 10.2. The molecule has 150 valence electrons. The predicted molar refractivity (Wildman–Crippen MR) is 119 cm³/mol. The molecule has 1 fully saturated rings. The van der Waals surface area contributed by atoms with Crippen molar-refractivity contribution < 1.29 is 4.79 Å². The lowest BCUT2D eigenvalue weighted by Gasteiger charge is -2.41. The van der Waals surface area contributed by atoms with E-state index in [-0.39, 0.29) is 5.91 Å². The minimum atomic E-state index is 0.0447. The van der Waals surface area contributed by atoms with Crippen LogP contribution in [0.5, 0.6) is 0 Å². The van der Waals surface area contributed by atoms with E-state index in [1.807, 2.05) is 36.5 Å². The molecule has 1 aliphatic rings. The second kappa shape index (κ2) is 8.89. The van der Waals surface area contributed by atoms with Crippen LogP contribution < -0.4 is 5.32 Å². The third-order valence-electron chi connectivity index (χ3n) is 5.45. The summed E-state index contributed by atoms with van der Waals surface area (Å²) in [5, 5.41) is 4.25. The second-order valence-electron chi connectivity index (χ2n) is 7.94. The molecule has 3 aromatic rings. The van der Waals surface area contributed by atoms with E-state index in [4.69, 9.17) is 0 Å². The third kappa shape index (κ3) is 4.92. The van der Waals surface area contributed by atoms with Gasteiger partial charge in [-0.05, 0) is 30.5 Å². The summed E-state index contributed by atoms with van der Waals surface area (Å²) in [5.74, 6) is 0.624. The molecular weight excluding hydrogens is 378 g/mol. The minimum Gasteiger partial charge on any atom is -0.352 e. The van der Waals surface area contributed by atoms with Crippen molar-refractivity contribution >= 4 is 17.2 Å². The molecule has 2 heterocycles. The SMILES string of the molecule is CC(C)N1CC(c2ncc(-c3ccc(CNC(=O)Cc4ccccc4)cc3)s2)C1. The van der Waals surface area contributed by atoms with Crippen LogP contribution in [0.4, 0.5) is 0 Å². The van der Waals surface area contributed by atoms with Crippen molar-refractivity contribution in [1.82, 2.24) is 15.2 Å². The lowest BCUT2D eigenvalue weighted by Crippen LogP contribution is -2.48. The first-order chi connectivity index (χ1) is 14.1. The Bertz CT molecular complexity index is 944. The minimum absolute atomic E-state index is 0.0447. The quantitative estimate of drug-likeness (QED) is 0.630. The number of amides is 1. The molecule has 2 aromatic carbocycles. The zero-order chi connectivity index (χ0) is 20.2. The molecule has 1 amide bonds. The van der Waals surface area contributed by atoms with E-state index in [0.29, 0.717) is 24.9 Å². The summed E-state index contributed by atoms with van der Waals surface area (Å²) in [6.45, 7) is 7.27. The topological polar surface area (TPSA) is 45.2 Å².